The van der Waals surface area contributed by atoms with E-state index in [2.05, 4.69) is 10.6 Å². The Labute approximate surface area is 87.4 Å². The van der Waals surface area contributed by atoms with Crippen LogP contribution in [0.2, 0.25) is 0 Å². The topological polar surface area (TPSA) is 52.2 Å². The van der Waals surface area contributed by atoms with E-state index in [1.165, 1.54) is 0 Å². The molecule has 4 heteroatoms. The van der Waals surface area contributed by atoms with Crippen LogP contribution in [0.15, 0.2) is 0 Å². The standard InChI is InChI=1S/C6H14N3.Y/c1-8-6-2-5(7)3-9-4-6;/h5-6,8H,2-4,7H2,1H3;/q-1;. The van der Waals surface area contributed by atoms with Gasteiger partial charge >= 0.3 is 0 Å². The van der Waals surface area contributed by atoms with Crippen LogP contribution in [0.25, 0.3) is 5.32 Å². The van der Waals surface area contributed by atoms with Crippen LogP contribution >= 0.6 is 0 Å². The van der Waals surface area contributed by atoms with E-state index in [0.717, 1.165) is 19.5 Å². The number of rotatable bonds is 1. The first-order valence-corrected chi connectivity index (χ1v) is 3.39. The van der Waals surface area contributed by atoms with E-state index in [-0.39, 0.29) is 38.8 Å². The number of hydrogen-bond donors (Lipinski definition) is 2. The molecule has 0 amide bonds. The second kappa shape index (κ2) is 5.61. The van der Waals surface area contributed by atoms with Crippen molar-refractivity contribution in [2.75, 3.05) is 20.1 Å². The normalized spacial score (nSPS) is 33.0. The Balaban J connectivity index is 0.000000810. The number of hydrogen-bond acceptors (Lipinski definition) is 2. The number of piperidine rings is 1. The van der Waals surface area contributed by atoms with Gasteiger partial charge < -0.3 is 16.4 Å². The van der Waals surface area contributed by atoms with Crippen LogP contribution in [0.1, 0.15) is 6.42 Å². The second-order valence-electron chi connectivity index (χ2n) is 2.57. The molecule has 1 heterocycles. The summed E-state index contributed by atoms with van der Waals surface area (Å²) in [5, 5.41) is 7.38. The van der Waals surface area contributed by atoms with Crippen LogP contribution in [-0.2, 0) is 32.7 Å². The molecule has 2 atom stereocenters. The van der Waals surface area contributed by atoms with Crippen molar-refractivity contribution < 1.29 is 32.7 Å². The van der Waals surface area contributed by atoms with Gasteiger partial charge in [0.1, 0.15) is 0 Å². The number of nitrogens with zero attached hydrogens (tertiary/aromatic N) is 1. The molecule has 3 nitrogen and oxygen atoms in total. The molecule has 0 aromatic carbocycles. The van der Waals surface area contributed by atoms with Crippen LogP contribution < -0.4 is 11.1 Å². The molecule has 0 spiro atoms. The van der Waals surface area contributed by atoms with Crippen molar-refractivity contribution in [3.63, 3.8) is 0 Å². The molecule has 0 bridgehead atoms. The van der Waals surface area contributed by atoms with Gasteiger partial charge in [-0.25, -0.2) is 0 Å². The van der Waals surface area contributed by atoms with Crippen LogP contribution in [-0.4, -0.2) is 32.2 Å². The minimum absolute atomic E-state index is 0. The van der Waals surface area contributed by atoms with E-state index in [1.54, 1.807) is 0 Å². The van der Waals surface area contributed by atoms with Crippen molar-refractivity contribution >= 4 is 0 Å². The first-order valence-electron chi connectivity index (χ1n) is 3.39. The molecule has 1 saturated heterocycles. The predicted octanol–water partition coefficient (Wildman–Crippen LogP) is -0.323. The van der Waals surface area contributed by atoms with Crippen LogP contribution in [0, 0.1) is 0 Å². The van der Waals surface area contributed by atoms with Crippen LogP contribution in [0.5, 0.6) is 0 Å². The van der Waals surface area contributed by atoms with Gasteiger partial charge in [0.05, 0.1) is 0 Å². The van der Waals surface area contributed by atoms with Crippen molar-refractivity contribution in [3.05, 3.63) is 5.32 Å². The second-order valence-corrected chi connectivity index (χ2v) is 2.57. The Hall–Kier alpha value is 0.984. The molecule has 1 radical (unpaired) electrons. The van der Waals surface area contributed by atoms with E-state index in [9.17, 15) is 0 Å². The summed E-state index contributed by atoms with van der Waals surface area (Å²) in [4.78, 5) is 0. The van der Waals surface area contributed by atoms with Gasteiger partial charge in [0.25, 0.3) is 0 Å². The van der Waals surface area contributed by atoms with Crippen molar-refractivity contribution in [3.8, 4) is 0 Å². The minimum atomic E-state index is 0. The summed E-state index contributed by atoms with van der Waals surface area (Å²) >= 11 is 0. The van der Waals surface area contributed by atoms with Gasteiger partial charge in [-0.1, -0.05) is 0 Å². The maximum absolute atomic E-state index is 5.67. The molecular formula is C6H14N3Y-. The van der Waals surface area contributed by atoms with Gasteiger partial charge in [-0.2, -0.15) is 0 Å². The largest absolute Gasteiger partial charge is 0.660 e. The average Bonchev–Trinajstić information content (AvgIpc) is 1.88. The molecule has 0 saturated carbocycles. The number of nitrogens with one attached hydrogen (secondary N) is 1. The van der Waals surface area contributed by atoms with E-state index in [0.29, 0.717) is 6.04 Å². The molecule has 1 rings (SSSR count). The molecule has 1 aliphatic heterocycles. The predicted molar refractivity (Wildman–Crippen MR) is 38.5 cm³/mol. The molecule has 2 unspecified atom stereocenters. The molecule has 57 valence electrons. The molecule has 0 aromatic heterocycles. The third-order valence-corrected chi connectivity index (χ3v) is 1.71. The zero-order valence-corrected chi connectivity index (χ0v) is 9.22. The van der Waals surface area contributed by atoms with E-state index in [1.807, 2.05) is 7.05 Å². The van der Waals surface area contributed by atoms with Gasteiger partial charge in [0.2, 0.25) is 0 Å². The fourth-order valence-electron chi connectivity index (χ4n) is 1.12. The van der Waals surface area contributed by atoms with E-state index >= 15 is 0 Å². The Kier molecular flexibility index (Phi) is 6.16. The molecule has 10 heavy (non-hydrogen) atoms. The maximum Gasteiger partial charge on any atom is 0 e. The summed E-state index contributed by atoms with van der Waals surface area (Å²) in [5.74, 6) is 0. The number of nitrogens with two attached hydrogens (primary N) is 1. The zero-order chi connectivity index (χ0) is 6.69. The van der Waals surface area contributed by atoms with Crippen molar-refractivity contribution in [2.24, 2.45) is 5.73 Å². The summed E-state index contributed by atoms with van der Waals surface area (Å²) in [7, 11) is 1.96. The van der Waals surface area contributed by atoms with Crippen molar-refractivity contribution in [1.82, 2.24) is 5.32 Å². The van der Waals surface area contributed by atoms with Gasteiger partial charge in [-0.15, -0.1) is 13.1 Å². The third-order valence-electron chi connectivity index (χ3n) is 1.71. The molecule has 1 aliphatic rings. The van der Waals surface area contributed by atoms with Gasteiger partial charge in [0.15, 0.2) is 0 Å². The average molecular weight is 217 g/mol. The van der Waals surface area contributed by atoms with E-state index < -0.39 is 0 Å². The third kappa shape index (κ3) is 3.40. The van der Waals surface area contributed by atoms with E-state index in [4.69, 9.17) is 5.73 Å². The summed E-state index contributed by atoms with van der Waals surface area (Å²) in [5.41, 5.74) is 5.67. The Bertz CT molecular complexity index is 89.1. The monoisotopic (exact) mass is 217 g/mol. The molecule has 3 N–H and O–H groups in total. The Morgan fingerprint density at radius 2 is 2.20 bits per heavy atom. The van der Waals surface area contributed by atoms with Crippen LogP contribution in [0.3, 0.4) is 0 Å². The fraction of sp³-hybridized carbons (Fsp3) is 1.00. The van der Waals surface area contributed by atoms with Crippen LogP contribution in [0.4, 0.5) is 0 Å². The van der Waals surface area contributed by atoms with Gasteiger partial charge in [-0.3, -0.25) is 0 Å². The van der Waals surface area contributed by atoms with Gasteiger partial charge in [-0.05, 0) is 25.6 Å². The first kappa shape index (κ1) is 11.0. The Morgan fingerprint density at radius 3 is 2.60 bits per heavy atom. The summed E-state index contributed by atoms with van der Waals surface area (Å²) in [6.45, 7) is 1.78. The van der Waals surface area contributed by atoms with Crippen molar-refractivity contribution in [2.45, 2.75) is 18.5 Å². The SMILES string of the molecule is CNC1C[N-]CC(N)C1.[Y]. The molecular weight excluding hydrogens is 203 g/mol. The summed E-state index contributed by atoms with van der Waals surface area (Å²) in [6, 6.07) is 0.810. The summed E-state index contributed by atoms with van der Waals surface area (Å²) < 4.78 is 0. The maximum atomic E-state index is 5.67. The Morgan fingerprint density at radius 1 is 1.50 bits per heavy atom. The number of likely N-dealkylation sites (N-methyl/N-ethyl adjacent to an activating group) is 1. The molecule has 0 aromatic rings. The van der Waals surface area contributed by atoms with Gasteiger partial charge in [0, 0.05) is 32.7 Å². The minimum Gasteiger partial charge on any atom is -0.660 e. The summed E-state index contributed by atoms with van der Waals surface area (Å²) in [6.07, 6.45) is 1.07. The zero-order valence-electron chi connectivity index (χ0n) is 6.38. The molecule has 0 aliphatic carbocycles. The first-order chi connectivity index (χ1) is 4.33. The quantitative estimate of drug-likeness (QED) is 0.632. The smallest absolute Gasteiger partial charge is 0 e. The van der Waals surface area contributed by atoms with Crippen molar-refractivity contribution in [1.29, 1.82) is 0 Å². The fourth-order valence-corrected chi connectivity index (χ4v) is 1.12. The molecule has 1 fully saturated rings.